The Labute approximate surface area is 201 Å². The van der Waals surface area contributed by atoms with Gasteiger partial charge in [0.05, 0.1) is 26.8 Å². The summed E-state index contributed by atoms with van der Waals surface area (Å²) >= 11 is 0. The number of hydrogen-bond donors (Lipinski definition) is 0. The predicted octanol–water partition coefficient (Wildman–Crippen LogP) is 6.57. The second-order valence-electron chi connectivity index (χ2n) is 9.84. The summed E-state index contributed by atoms with van der Waals surface area (Å²) in [7, 11) is 4.11. The second-order valence-corrected chi connectivity index (χ2v) is 9.84. The molecule has 0 saturated heterocycles. The Kier molecular flexibility index (Phi) is 12.0. The number of aryl methyl sites for hydroxylation is 1. The SMILES string of the molecule is CCCCCCCCc1cccc(OC(C)CCOC(=O)C[N+](C)(C)Cc2ccccc2)c1. The molecule has 2 aromatic carbocycles. The molecule has 0 N–H and O–H groups in total. The van der Waals surface area contributed by atoms with Crippen molar-refractivity contribution in [2.45, 2.75) is 77.9 Å². The zero-order valence-corrected chi connectivity index (χ0v) is 21.2. The van der Waals surface area contributed by atoms with Crippen molar-refractivity contribution in [1.82, 2.24) is 0 Å². The average molecular weight is 455 g/mol. The summed E-state index contributed by atoms with van der Waals surface area (Å²) in [5, 5.41) is 0. The van der Waals surface area contributed by atoms with Crippen LogP contribution in [0.3, 0.4) is 0 Å². The first kappa shape index (κ1) is 26.9. The van der Waals surface area contributed by atoms with Crippen molar-refractivity contribution in [2.75, 3.05) is 27.2 Å². The number of nitrogens with zero attached hydrogens (tertiary/aromatic N) is 1. The van der Waals surface area contributed by atoms with Gasteiger partial charge < -0.3 is 14.0 Å². The molecule has 0 bridgehead atoms. The van der Waals surface area contributed by atoms with Gasteiger partial charge in [-0.2, -0.15) is 0 Å². The highest BCUT2D eigenvalue weighted by atomic mass is 16.5. The molecule has 1 atom stereocenters. The van der Waals surface area contributed by atoms with E-state index < -0.39 is 0 Å². The van der Waals surface area contributed by atoms with Crippen molar-refractivity contribution in [1.29, 1.82) is 0 Å². The minimum Gasteiger partial charge on any atom is -0.491 e. The zero-order valence-electron chi connectivity index (χ0n) is 21.2. The van der Waals surface area contributed by atoms with Crippen LogP contribution in [-0.4, -0.2) is 43.8 Å². The molecule has 2 aromatic rings. The lowest BCUT2D eigenvalue weighted by atomic mass is 10.0. The topological polar surface area (TPSA) is 35.5 Å². The van der Waals surface area contributed by atoms with Crippen LogP contribution in [0.25, 0.3) is 0 Å². The summed E-state index contributed by atoms with van der Waals surface area (Å²) < 4.78 is 12.2. The number of benzene rings is 2. The molecular weight excluding hydrogens is 410 g/mol. The van der Waals surface area contributed by atoms with Gasteiger partial charge in [-0.3, -0.25) is 0 Å². The van der Waals surface area contributed by atoms with Crippen LogP contribution in [0.2, 0.25) is 0 Å². The van der Waals surface area contributed by atoms with Gasteiger partial charge in [0.15, 0.2) is 6.54 Å². The summed E-state index contributed by atoms with van der Waals surface area (Å²) in [6, 6.07) is 18.7. The minimum absolute atomic E-state index is 0.00564. The summed E-state index contributed by atoms with van der Waals surface area (Å²) in [6.07, 6.45) is 9.64. The number of hydrogen-bond acceptors (Lipinski definition) is 3. The van der Waals surface area contributed by atoms with Crippen molar-refractivity contribution in [3.05, 3.63) is 65.7 Å². The molecule has 0 aliphatic carbocycles. The Morgan fingerprint density at radius 1 is 0.909 bits per heavy atom. The van der Waals surface area contributed by atoms with Gasteiger partial charge in [0, 0.05) is 12.0 Å². The molecule has 1 unspecified atom stereocenters. The summed E-state index contributed by atoms with van der Waals surface area (Å²) in [6.45, 7) is 5.81. The minimum atomic E-state index is -0.163. The highest BCUT2D eigenvalue weighted by Gasteiger charge is 2.22. The molecule has 0 aliphatic rings. The summed E-state index contributed by atoms with van der Waals surface area (Å²) in [5.74, 6) is 0.738. The fourth-order valence-electron chi connectivity index (χ4n) is 4.04. The quantitative estimate of drug-likeness (QED) is 0.163. The maximum atomic E-state index is 12.3. The number of quaternary nitrogens is 1. The van der Waals surface area contributed by atoms with E-state index in [2.05, 4.69) is 51.4 Å². The van der Waals surface area contributed by atoms with Gasteiger partial charge in [-0.1, -0.05) is 81.5 Å². The maximum absolute atomic E-state index is 12.3. The van der Waals surface area contributed by atoms with E-state index in [9.17, 15) is 4.79 Å². The van der Waals surface area contributed by atoms with Gasteiger partial charge in [0.25, 0.3) is 0 Å². The molecule has 0 fully saturated rings. The van der Waals surface area contributed by atoms with Crippen LogP contribution in [0.15, 0.2) is 54.6 Å². The lowest BCUT2D eigenvalue weighted by Crippen LogP contribution is -2.43. The van der Waals surface area contributed by atoms with Crippen molar-refractivity contribution in [3.8, 4) is 5.75 Å². The Morgan fingerprint density at radius 2 is 1.61 bits per heavy atom. The summed E-state index contributed by atoms with van der Waals surface area (Å²) in [5.41, 5.74) is 2.55. The van der Waals surface area contributed by atoms with E-state index in [1.165, 1.54) is 49.7 Å². The number of ether oxygens (including phenoxy) is 2. The molecule has 33 heavy (non-hydrogen) atoms. The van der Waals surface area contributed by atoms with E-state index >= 15 is 0 Å². The Bertz CT molecular complexity index is 804. The second kappa shape index (κ2) is 14.7. The molecule has 0 spiro atoms. The van der Waals surface area contributed by atoms with Crippen LogP contribution >= 0.6 is 0 Å². The third-order valence-corrected chi connectivity index (χ3v) is 5.85. The normalized spacial score (nSPS) is 12.4. The van der Waals surface area contributed by atoms with Gasteiger partial charge in [0.2, 0.25) is 0 Å². The lowest BCUT2D eigenvalue weighted by molar-refractivity contribution is -0.896. The molecular formula is C29H44NO3+. The molecule has 2 rings (SSSR count). The predicted molar refractivity (Wildman–Crippen MR) is 136 cm³/mol. The van der Waals surface area contributed by atoms with Crippen molar-refractivity contribution in [3.63, 3.8) is 0 Å². The highest BCUT2D eigenvalue weighted by molar-refractivity contribution is 5.70. The molecule has 182 valence electrons. The largest absolute Gasteiger partial charge is 0.491 e. The maximum Gasteiger partial charge on any atom is 0.361 e. The Morgan fingerprint density at radius 3 is 2.36 bits per heavy atom. The average Bonchev–Trinajstić information content (AvgIpc) is 2.76. The van der Waals surface area contributed by atoms with E-state index in [4.69, 9.17) is 9.47 Å². The first-order chi connectivity index (χ1) is 15.9. The highest BCUT2D eigenvalue weighted by Crippen LogP contribution is 2.18. The first-order valence-electron chi connectivity index (χ1n) is 12.6. The van der Waals surface area contributed by atoms with E-state index in [-0.39, 0.29) is 12.1 Å². The number of carbonyl (C=O) groups excluding carboxylic acids is 1. The number of esters is 1. The fourth-order valence-corrected chi connectivity index (χ4v) is 4.04. The van der Waals surface area contributed by atoms with Crippen LogP contribution in [-0.2, 0) is 22.5 Å². The molecule has 0 radical (unpaired) electrons. The van der Waals surface area contributed by atoms with Crippen LogP contribution in [0, 0.1) is 0 Å². The molecule has 4 heteroatoms. The standard InChI is InChI=1S/C29H44NO3/c1-5-6-7-8-9-11-15-26-18-14-19-28(22-26)33-25(2)20-21-32-29(31)24-30(3,4)23-27-16-12-10-13-17-27/h10,12-14,16-19,22,25H,5-9,11,15,20-21,23-24H2,1-4H3/q+1. The van der Waals surface area contributed by atoms with E-state index in [0.29, 0.717) is 24.1 Å². The first-order valence-corrected chi connectivity index (χ1v) is 12.6. The van der Waals surface area contributed by atoms with Gasteiger partial charge in [0.1, 0.15) is 12.3 Å². The monoisotopic (exact) mass is 454 g/mol. The zero-order chi connectivity index (χ0) is 23.9. The smallest absolute Gasteiger partial charge is 0.361 e. The molecule has 0 amide bonds. The molecule has 0 aromatic heterocycles. The third-order valence-electron chi connectivity index (χ3n) is 5.85. The summed E-state index contributed by atoms with van der Waals surface area (Å²) in [4.78, 5) is 12.3. The van der Waals surface area contributed by atoms with Crippen LogP contribution < -0.4 is 4.74 Å². The van der Waals surface area contributed by atoms with Gasteiger partial charge in [-0.05, 0) is 37.5 Å². The van der Waals surface area contributed by atoms with Crippen molar-refractivity contribution < 1.29 is 18.8 Å². The molecule has 0 aliphatic heterocycles. The Hall–Kier alpha value is -2.33. The van der Waals surface area contributed by atoms with E-state index in [1.54, 1.807) is 0 Å². The van der Waals surface area contributed by atoms with Crippen LogP contribution in [0.1, 0.15) is 69.9 Å². The van der Waals surface area contributed by atoms with Crippen LogP contribution in [0.4, 0.5) is 0 Å². The number of unbranched alkanes of at least 4 members (excludes halogenated alkanes) is 5. The van der Waals surface area contributed by atoms with Crippen LogP contribution in [0.5, 0.6) is 5.75 Å². The fraction of sp³-hybridized carbons (Fsp3) is 0.552. The molecule has 4 nitrogen and oxygen atoms in total. The van der Waals surface area contributed by atoms with E-state index in [1.807, 2.05) is 31.2 Å². The van der Waals surface area contributed by atoms with E-state index in [0.717, 1.165) is 18.7 Å². The molecule has 0 saturated carbocycles. The Balaban J connectivity index is 1.66. The van der Waals surface area contributed by atoms with Gasteiger partial charge in [-0.25, -0.2) is 4.79 Å². The number of carbonyl (C=O) groups is 1. The number of rotatable bonds is 16. The molecule has 0 heterocycles. The third kappa shape index (κ3) is 11.9. The van der Waals surface area contributed by atoms with Gasteiger partial charge in [-0.15, -0.1) is 0 Å². The van der Waals surface area contributed by atoms with Crippen molar-refractivity contribution in [2.24, 2.45) is 0 Å². The van der Waals surface area contributed by atoms with Gasteiger partial charge >= 0.3 is 5.97 Å². The lowest BCUT2D eigenvalue weighted by Gasteiger charge is -2.28. The van der Waals surface area contributed by atoms with Crippen molar-refractivity contribution >= 4 is 5.97 Å². The number of likely N-dealkylation sites (N-methyl/N-ethyl adjacent to an activating group) is 1.